The zero-order valence-electron chi connectivity index (χ0n) is 10.5. The molecule has 7 heteroatoms. The van der Waals surface area contributed by atoms with E-state index in [0.717, 1.165) is 12.1 Å². The molecule has 0 bridgehead atoms. The fourth-order valence-corrected chi connectivity index (χ4v) is 1.45. The number of hydrogen-bond acceptors (Lipinski definition) is 3. The van der Waals surface area contributed by atoms with Crippen LogP contribution in [-0.2, 0) is 4.79 Å². The smallest absolute Gasteiger partial charge is 0.338 e. The number of carbonyl (C=O) groups is 2. The van der Waals surface area contributed by atoms with E-state index in [9.17, 15) is 18.4 Å². The fraction of sp³-hybridized carbons (Fsp3) is 0.333. The van der Waals surface area contributed by atoms with Crippen molar-refractivity contribution in [2.24, 2.45) is 0 Å². The van der Waals surface area contributed by atoms with E-state index < -0.39 is 29.2 Å². The van der Waals surface area contributed by atoms with Crippen LogP contribution in [-0.4, -0.2) is 29.6 Å². The zero-order valence-corrected chi connectivity index (χ0v) is 10.5. The van der Waals surface area contributed by atoms with Gasteiger partial charge in [0, 0.05) is 6.54 Å². The lowest BCUT2D eigenvalue weighted by Gasteiger charge is -2.15. The first kappa shape index (κ1) is 14.9. The number of likely N-dealkylation sites (N-methyl/N-ethyl adjacent to an activating group) is 1. The lowest BCUT2D eigenvalue weighted by Crippen LogP contribution is -2.37. The summed E-state index contributed by atoms with van der Waals surface area (Å²) in [4.78, 5) is 22.0. The summed E-state index contributed by atoms with van der Waals surface area (Å²) in [6, 6.07) is 1.25. The normalized spacial score (nSPS) is 11.8. The van der Waals surface area contributed by atoms with Crippen LogP contribution >= 0.6 is 0 Å². The fourth-order valence-electron chi connectivity index (χ4n) is 1.45. The predicted molar refractivity (Wildman–Crippen MR) is 65.1 cm³/mol. The lowest BCUT2D eigenvalue weighted by molar-refractivity contribution is -0.121. The van der Waals surface area contributed by atoms with Gasteiger partial charge in [-0.25, -0.2) is 13.6 Å². The summed E-state index contributed by atoms with van der Waals surface area (Å²) >= 11 is 0. The molecule has 1 aromatic rings. The minimum Gasteiger partial charge on any atom is -0.478 e. The van der Waals surface area contributed by atoms with Crippen molar-refractivity contribution in [1.29, 1.82) is 0 Å². The molecule has 1 amide bonds. The van der Waals surface area contributed by atoms with E-state index in [1.807, 2.05) is 0 Å². The highest BCUT2D eigenvalue weighted by molar-refractivity contribution is 5.89. The summed E-state index contributed by atoms with van der Waals surface area (Å²) in [7, 11) is 0. The Morgan fingerprint density at radius 2 is 1.95 bits per heavy atom. The van der Waals surface area contributed by atoms with Crippen LogP contribution in [0.3, 0.4) is 0 Å². The molecule has 1 aromatic carbocycles. The highest BCUT2D eigenvalue weighted by Crippen LogP contribution is 2.21. The van der Waals surface area contributed by atoms with Crippen LogP contribution in [0.15, 0.2) is 12.1 Å². The van der Waals surface area contributed by atoms with Crippen molar-refractivity contribution < 1.29 is 23.5 Å². The molecule has 3 N–H and O–H groups in total. The maximum Gasteiger partial charge on any atom is 0.338 e. The number of rotatable bonds is 5. The van der Waals surface area contributed by atoms with Crippen LogP contribution in [0.1, 0.15) is 24.2 Å². The molecule has 0 radical (unpaired) electrons. The van der Waals surface area contributed by atoms with Gasteiger partial charge in [0.1, 0.15) is 6.04 Å². The van der Waals surface area contributed by atoms with Gasteiger partial charge in [-0.05, 0) is 26.0 Å². The van der Waals surface area contributed by atoms with Gasteiger partial charge in [0.05, 0.1) is 11.3 Å². The predicted octanol–water partition coefficient (Wildman–Crippen LogP) is 1.60. The second kappa shape index (κ2) is 6.12. The Morgan fingerprint density at radius 1 is 1.32 bits per heavy atom. The quantitative estimate of drug-likeness (QED) is 0.760. The van der Waals surface area contributed by atoms with Gasteiger partial charge < -0.3 is 15.7 Å². The summed E-state index contributed by atoms with van der Waals surface area (Å²) in [5.41, 5.74) is -1.02. The van der Waals surface area contributed by atoms with Gasteiger partial charge in [-0.1, -0.05) is 0 Å². The molecule has 0 heterocycles. The molecule has 104 valence electrons. The molecule has 1 rings (SSSR count). The number of aromatic carboxylic acids is 1. The molecule has 0 saturated heterocycles. The number of carboxylic acids is 1. The van der Waals surface area contributed by atoms with Crippen LogP contribution in [0, 0.1) is 11.6 Å². The lowest BCUT2D eigenvalue weighted by atomic mass is 10.1. The summed E-state index contributed by atoms with van der Waals surface area (Å²) in [6.45, 7) is 3.62. The van der Waals surface area contributed by atoms with Crippen molar-refractivity contribution in [1.82, 2.24) is 5.32 Å². The average molecular weight is 272 g/mol. The summed E-state index contributed by atoms with van der Waals surface area (Å²) in [5, 5.41) is 13.6. The molecule has 0 saturated carbocycles. The topological polar surface area (TPSA) is 78.4 Å². The second-order valence-electron chi connectivity index (χ2n) is 3.85. The van der Waals surface area contributed by atoms with Crippen molar-refractivity contribution in [3.63, 3.8) is 0 Å². The minimum absolute atomic E-state index is 0.263. The molecule has 0 aliphatic carbocycles. The maximum atomic E-state index is 13.6. The number of hydrogen-bond donors (Lipinski definition) is 3. The van der Waals surface area contributed by atoms with Gasteiger partial charge >= 0.3 is 5.97 Å². The third-order valence-electron chi connectivity index (χ3n) is 2.43. The molecule has 0 aromatic heterocycles. The Hall–Kier alpha value is -2.18. The molecular weight excluding hydrogens is 258 g/mol. The second-order valence-corrected chi connectivity index (χ2v) is 3.85. The number of halogens is 2. The SMILES string of the molecule is CCNC(=O)C(C)Nc1ccc(C(=O)O)c(F)c1F. The monoisotopic (exact) mass is 272 g/mol. The first-order valence-corrected chi connectivity index (χ1v) is 5.64. The third-order valence-corrected chi connectivity index (χ3v) is 2.43. The van der Waals surface area contributed by atoms with Crippen molar-refractivity contribution >= 4 is 17.6 Å². The molecule has 0 aliphatic rings. The first-order chi connectivity index (χ1) is 8.88. The molecule has 0 spiro atoms. The van der Waals surface area contributed by atoms with Gasteiger partial charge in [0.15, 0.2) is 11.6 Å². The average Bonchev–Trinajstić information content (AvgIpc) is 2.34. The Morgan fingerprint density at radius 3 is 2.47 bits per heavy atom. The first-order valence-electron chi connectivity index (χ1n) is 5.64. The number of carboxylic acid groups (broad SMARTS) is 1. The number of amides is 1. The van der Waals surface area contributed by atoms with Gasteiger partial charge in [-0.3, -0.25) is 4.79 Å². The summed E-state index contributed by atoms with van der Waals surface area (Å²) < 4.78 is 27.0. The van der Waals surface area contributed by atoms with Crippen LogP contribution in [0.5, 0.6) is 0 Å². The number of anilines is 1. The van der Waals surface area contributed by atoms with Gasteiger partial charge in [-0.2, -0.15) is 0 Å². The van der Waals surface area contributed by atoms with E-state index in [0.29, 0.717) is 6.54 Å². The van der Waals surface area contributed by atoms with Gasteiger partial charge in [-0.15, -0.1) is 0 Å². The van der Waals surface area contributed by atoms with Crippen LogP contribution in [0.25, 0.3) is 0 Å². The Kier molecular flexibility index (Phi) is 4.80. The van der Waals surface area contributed by atoms with E-state index in [-0.39, 0.29) is 11.6 Å². The Labute approximate surface area is 108 Å². The molecule has 1 atom stereocenters. The zero-order chi connectivity index (χ0) is 14.6. The van der Waals surface area contributed by atoms with Crippen molar-refractivity contribution in [3.8, 4) is 0 Å². The highest BCUT2D eigenvalue weighted by Gasteiger charge is 2.20. The summed E-state index contributed by atoms with van der Waals surface area (Å²) in [5.74, 6) is -4.71. The van der Waals surface area contributed by atoms with Crippen LogP contribution in [0.2, 0.25) is 0 Å². The van der Waals surface area contributed by atoms with Gasteiger partial charge in [0.25, 0.3) is 0 Å². The molecule has 0 fully saturated rings. The molecule has 19 heavy (non-hydrogen) atoms. The Bertz CT molecular complexity index is 506. The van der Waals surface area contributed by atoms with Crippen molar-refractivity contribution in [2.45, 2.75) is 19.9 Å². The van der Waals surface area contributed by atoms with Crippen molar-refractivity contribution in [2.75, 3.05) is 11.9 Å². The molecule has 0 aliphatic heterocycles. The third kappa shape index (κ3) is 3.40. The van der Waals surface area contributed by atoms with E-state index in [1.54, 1.807) is 6.92 Å². The summed E-state index contributed by atoms with van der Waals surface area (Å²) in [6.07, 6.45) is 0. The molecule has 1 unspecified atom stereocenters. The van der Waals surface area contributed by atoms with E-state index in [1.165, 1.54) is 6.92 Å². The highest BCUT2D eigenvalue weighted by atomic mass is 19.2. The van der Waals surface area contributed by atoms with E-state index >= 15 is 0 Å². The van der Waals surface area contributed by atoms with Gasteiger partial charge in [0.2, 0.25) is 5.91 Å². The number of nitrogens with one attached hydrogen (secondary N) is 2. The number of carbonyl (C=O) groups excluding carboxylic acids is 1. The van der Waals surface area contributed by atoms with Crippen LogP contribution < -0.4 is 10.6 Å². The maximum absolute atomic E-state index is 13.6. The number of benzene rings is 1. The van der Waals surface area contributed by atoms with Crippen LogP contribution in [0.4, 0.5) is 14.5 Å². The molecular formula is C12H14F2N2O3. The van der Waals surface area contributed by atoms with E-state index in [4.69, 9.17) is 5.11 Å². The van der Waals surface area contributed by atoms with Crippen molar-refractivity contribution in [3.05, 3.63) is 29.3 Å². The molecule has 5 nitrogen and oxygen atoms in total. The Balaban J connectivity index is 2.95. The standard InChI is InChI=1S/C12H14F2N2O3/c1-3-15-11(17)6(2)16-8-5-4-7(12(18)19)9(13)10(8)14/h4-6,16H,3H2,1-2H3,(H,15,17)(H,18,19). The van der Waals surface area contributed by atoms with E-state index in [2.05, 4.69) is 10.6 Å². The largest absolute Gasteiger partial charge is 0.478 e. The minimum atomic E-state index is -1.56.